The summed E-state index contributed by atoms with van der Waals surface area (Å²) in [6.07, 6.45) is 6.66. The second-order valence-electron chi connectivity index (χ2n) is 8.68. The van der Waals surface area contributed by atoms with Crippen LogP contribution in [0.5, 0.6) is 0 Å². The maximum Gasteiger partial charge on any atom is 0.331 e. The highest BCUT2D eigenvalue weighted by atomic mass is 16.6. The summed E-state index contributed by atoms with van der Waals surface area (Å²) >= 11 is 0. The predicted octanol–water partition coefficient (Wildman–Crippen LogP) is 4.53. The molecule has 28 heavy (non-hydrogen) atoms. The summed E-state index contributed by atoms with van der Waals surface area (Å²) in [6, 6.07) is 9.67. The van der Waals surface area contributed by atoms with Crippen molar-refractivity contribution in [2.24, 2.45) is 11.8 Å². The van der Waals surface area contributed by atoms with Gasteiger partial charge in [-0.05, 0) is 44.2 Å². The molecule has 0 aromatic heterocycles. The molecule has 1 aliphatic heterocycles. The third kappa shape index (κ3) is 4.92. The molecule has 1 N–H and O–H groups in total. The maximum absolute atomic E-state index is 12.5. The molecule has 3 rings (SSSR count). The van der Waals surface area contributed by atoms with Crippen molar-refractivity contribution in [1.29, 1.82) is 0 Å². The molecule has 0 bridgehead atoms. The van der Waals surface area contributed by atoms with Crippen LogP contribution in [-0.4, -0.2) is 35.0 Å². The minimum atomic E-state index is -0.646. The van der Waals surface area contributed by atoms with Gasteiger partial charge in [0.1, 0.15) is 12.2 Å². The minimum Gasteiger partial charge on any atom is -0.458 e. The molecular weight excluding hydrogens is 352 g/mol. The van der Waals surface area contributed by atoms with Gasteiger partial charge < -0.3 is 14.6 Å². The van der Waals surface area contributed by atoms with Crippen molar-refractivity contribution >= 4 is 12.0 Å². The molecule has 152 valence electrons. The highest BCUT2D eigenvalue weighted by Crippen LogP contribution is 2.47. The van der Waals surface area contributed by atoms with Gasteiger partial charge in [-0.1, -0.05) is 55.8 Å². The lowest BCUT2D eigenvalue weighted by atomic mass is 9.78. The Labute approximate surface area is 168 Å². The minimum absolute atomic E-state index is 0.159. The monoisotopic (exact) mass is 384 g/mol. The Bertz CT molecular complexity index is 736. The van der Waals surface area contributed by atoms with Crippen LogP contribution in [0.4, 0.5) is 0 Å². The van der Waals surface area contributed by atoms with E-state index in [1.54, 1.807) is 6.08 Å². The lowest BCUT2D eigenvalue weighted by Gasteiger charge is -2.34. The summed E-state index contributed by atoms with van der Waals surface area (Å²) in [7, 11) is 0. The van der Waals surface area contributed by atoms with E-state index in [0.717, 1.165) is 18.4 Å². The van der Waals surface area contributed by atoms with Gasteiger partial charge in [-0.15, -0.1) is 0 Å². The molecule has 1 aromatic rings. The van der Waals surface area contributed by atoms with Gasteiger partial charge in [-0.3, -0.25) is 0 Å². The van der Waals surface area contributed by atoms with Crippen molar-refractivity contribution in [3.63, 3.8) is 0 Å². The molecule has 0 radical (unpaired) electrons. The van der Waals surface area contributed by atoms with Crippen molar-refractivity contribution < 1.29 is 19.4 Å². The smallest absolute Gasteiger partial charge is 0.331 e. The van der Waals surface area contributed by atoms with Gasteiger partial charge in [-0.25, -0.2) is 4.79 Å². The van der Waals surface area contributed by atoms with Gasteiger partial charge in [0, 0.05) is 18.4 Å². The van der Waals surface area contributed by atoms with E-state index in [2.05, 4.69) is 33.8 Å². The Morgan fingerprint density at radius 2 is 2.04 bits per heavy atom. The van der Waals surface area contributed by atoms with E-state index >= 15 is 0 Å². The van der Waals surface area contributed by atoms with Crippen LogP contribution >= 0.6 is 0 Å². The second-order valence-corrected chi connectivity index (χ2v) is 8.68. The van der Waals surface area contributed by atoms with Crippen molar-refractivity contribution in [2.75, 3.05) is 0 Å². The van der Waals surface area contributed by atoms with E-state index in [1.807, 2.05) is 30.3 Å². The summed E-state index contributed by atoms with van der Waals surface area (Å²) in [5.41, 5.74) is 1.86. The predicted molar refractivity (Wildman–Crippen MR) is 111 cm³/mol. The normalized spacial score (nSPS) is 35.1. The van der Waals surface area contributed by atoms with Gasteiger partial charge in [0.25, 0.3) is 0 Å². The Morgan fingerprint density at radius 3 is 2.71 bits per heavy atom. The van der Waals surface area contributed by atoms with Crippen LogP contribution < -0.4 is 0 Å². The number of aliphatic hydroxyl groups excluding tert-OH is 1. The number of carbonyl (C=O) groups is 1. The lowest BCUT2D eigenvalue weighted by molar-refractivity contribution is -0.150. The zero-order chi connectivity index (χ0) is 20.3. The first-order chi connectivity index (χ1) is 13.3. The molecule has 1 aromatic carbocycles. The number of rotatable bonds is 4. The van der Waals surface area contributed by atoms with E-state index in [4.69, 9.17) is 9.47 Å². The zero-order valence-electron chi connectivity index (χ0n) is 17.3. The van der Waals surface area contributed by atoms with Crippen molar-refractivity contribution in [2.45, 2.75) is 70.9 Å². The van der Waals surface area contributed by atoms with Crippen LogP contribution in [0, 0.1) is 11.8 Å². The van der Waals surface area contributed by atoms with Crippen molar-refractivity contribution in [1.82, 2.24) is 0 Å². The van der Waals surface area contributed by atoms with Gasteiger partial charge >= 0.3 is 5.97 Å². The number of allylic oxidation sites excluding steroid dienone is 1. The Kier molecular flexibility index (Phi) is 6.41. The third-order valence-corrected chi connectivity index (χ3v) is 5.98. The average molecular weight is 385 g/mol. The molecule has 0 spiro atoms. The van der Waals surface area contributed by atoms with Gasteiger partial charge in [0.15, 0.2) is 0 Å². The summed E-state index contributed by atoms with van der Waals surface area (Å²) < 4.78 is 11.8. The molecule has 4 heteroatoms. The summed E-state index contributed by atoms with van der Waals surface area (Å²) in [6.45, 7) is 8.27. The highest BCUT2D eigenvalue weighted by Gasteiger charge is 2.58. The van der Waals surface area contributed by atoms with Gasteiger partial charge in [0.05, 0.1) is 11.7 Å². The molecule has 0 amide bonds. The molecule has 1 fully saturated rings. The number of epoxide rings is 1. The van der Waals surface area contributed by atoms with Crippen LogP contribution in [0.25, 0.3) is 6.08 Å². The standard InChI is InChI=1S/C24H32O4/c1-16(2)21-19(27-20(25)13-12-18-10-6-5-7-11-18)15-17(3)9-8-14-24(4)23(28-24)22(21)26/h5-7,9-13,16,19,21-23,26H,8,14-15H2,1-4H3/b13-12+,17-9+/t19-,21-,22-,23+,24+/m1/s1. The molecule has 1 saturated heterocycles. The first-order valence-corrected chi connectivity index (χ1v) is 10.3. The Balaban J connectivity index is 1.79. The maximum atomic E-state index is 12.5. The van der Waals surface area contributed by atoms with Crippen molar-refractivity contribution in [3.8, 4) is 0 Å². The molecule has 0 saturated carbocycles. The van der Waals surface area contributed by atoms with E-state index in [-0.39, 0.29) is 35.6 Å². The van der Waals surface area contributed by atoms with Crippen LogP contribution in [0.1, 0.15) is 52.5 Å². The first-order valence-electron chi connectivity index (χ1n) is 10.3. The first kappa shape index (κ1) is 20.8. The number of esters is 1. The summed E-state index contributed by atoms with van der Waals surface area (Å²) in [5, 5.41) is 11.1. The number of fused-ring (bicyclic) bond motifs is 1. The van der Waals surface area contributed by atoms with Crippen LogP contribution in [0.3, 0.4) is 0 Å². The fourth-order valence-corrected chi connectivity index (χ4v) is 4.31. The molecular formula is C24H32O4. The lowest BCUT2D eigenvalue weighted by Crippen LogP contribution is -2.43. The van der Waals surface area contributed by atoms with Crippen LogP contribution in [-0.2, 0) is 14.3 Å². The number of hydrogen-bond donors (Lipinski definition) is 1. The molecule has 0 unspecified atom stereocenters. The fraction of sp³-hybridized carbons (Fsp3) is 0.542. The molecule has 1 aliphatic carbocycles. The second kappa shape index (κ2) is 8.62. The number of carbonyl (C=O) groups excluding carboxylic acids is 1. The fourth-order valence-electron chi connectivity index (χ4n) is 4.31. The Hall–Kier alpha value is -1.91. The van der Waals surface area contributed by atoms with Gasteiger partial charge in [0.2, 0.25) is 0 Å². The van der Waals surface area contributed by atoms with E-state index in [9.17, 15) is 9.90 Å². The number of ether oxygens (including phenoxy) is 2. The molecule has 1 heterocycles. The summed E-state index contributed by atoms with van der Waals surface area (Å²) in [4.78, 5) is 12.5. The van der Waals surface area contributed by atoms with E-state index in [1.165, 1.54) is 11.6 Å². The quantitative estimate of drug-likeness (QED) is 0.359. The Morgan fingerprint density at radius 1 is 1.32 bits per heavy atom. The molecule has 4 nitrogen and oxygen atoms in total. The van der Waals surface area contributed by atoms with Gasteiger partial charge in [-0.2, -0.15) is 0 Å². The highest BCUT2D eigenvalue weighted by molar-refractivity contribution is 5.87. The molecule has 2 aliphatic rings. The van der Waals surface area contributed by atoms with Crippen molar-refractivity contribution in [3.05, 3.63) is 53.6 Å². The topological polar surface area (TPSA) is 59.1 Å². The average Bonchev–Trinajstić information content (AvgIpc) is 3.31. The number of benzene rings is 1. The number of hydrogen-bond acceptors (Lipinski definition) is 4. The largest absolute Gasteiger partial charge is 0.458 e. The third-order valence-electron chi connectivity index (χ3n) is 5.98. The van der Waals surface area contributed by atoms with E-state index in [0.29, 0.717) is 6.42 Å². The van der Waals surface area contributed by atoms with Crippen LogP contribution in [0.2, 0.25) is 0 Å². The SMILES string of the molecule is C/C1=C\CC[C@]2(C)O[C@H]2[C@H](O)[C@H](C(C)C)[C@H](OC(=O)/C=C/c2ccccc2)C1. The van der Waals surface area contributed by atoms with Crippen LogP contribution in [0.15, 0.2) is 48.1 Å². The van der Waals surface area contributed by atoms with E-state index < -0.39 is 6.10 Å². The number of aliphatic hydroxyl groups is 1. The summed E-state index contributed by atoms with van der Waals surface area (Å²) in [5.74, 6) is -0.398. The molecule has 5 atom stereocenters. The zero-order valence-corrected chi connectivity index (χ0v) is 17.3.